The molecule has 1 aliphatic rings. The predicted octanol–water partition coefficient (Wildman–Crippen LogP) is 3.86. The number of allylic oxidation sites excluding steroid dienone is 1. The molecule has 1 aliphatic carbocycles. The maximum absolute atomic E-state index is 4.13. The van der Waals surface area contributed by atoms with Gasteiger partial charge in [0.2, 0.25) is 0 Å². The van der Waals surface area contributed by atoms with Gasteiger partial charge in [0.1, 0.15) is 0 Å². The molecule has 1 saturated carbocycles. The van der Waals surface area contributed by atoms with Crippen molar-refractivity contribution in [1.29, 1.82) is 0 Å². The second-order valence-corrected chi connectivity index (χ2v) is 5.56. The lowest BCUT2D eigenvalue weighted by Gasteiger charge is -2.06. The summed E-state index contributed by atoms with van der Waals surface area (Å²) >= 11 is 0. The first kappa shape index (κ1) is 12.5. The highest BCUT2D eigenvalue weighted by Crippen LogP contribution is 2.24. The Morgan fingerprint density at radius 3 is 2.89 bits per heavy atom. The van der Waals surface area contributed by atoms with Crippen LogP contribution in [0.1, 0.15) is 31.7 Å². The van der Waals surface area contributed by atoms with Crippen LogP contribution in [0.4, 0.5) is 0 Å². The minimum absolute atomic E-state index is 0.757. The summed E-state index contributed by atoms with van der Waals surface area (Å²) in [5.41, 5.74) is 4.01. The fraction of sp³-hybridized carbons (Fsp3) is 0.412. The van der Waals surface area contributed by atoms with Gasteiger partial charge in [0.15, 0.2) is 0 Å². The summed E-state index contributed by atoms with van der Waals surface area (Å²) in [6.45, 7) is 8.22. The lowest BCUT2D eigenvalue weighted by Crippen LogP contribution is -2.14. The van der Waals surface area contributed by atoms with Crippen LogP contribution in [0.25, 0.3) is 10.9 Å². The first-order chi connectivity index (χ1) is 9.28. The lowest BCUT2D eigenvalue weighted by atomic mass is 10.2. The number of aromatic nitrogens is 1. The normalized spacial score (nSPS) is 15.0. The summed E-state index contributed by atoms with van der Waals surface area (Å²) in [6, 6.07) is 9.43. The third-order valence-corrected chi connectivity index (χ3v) is 3.92. The zero-order chi connectivity index (χ0) is 13.2. The van der Waals surface area contributed by atoms with E-state index in [1.54, 1.807) is 0 Å². The number of fused-ring (bicyclic) bond motifs is 1. The van der Waals surface area contributed by atoms with Gasteiger partial charge in [-0.05, 0) is 30.9 Å². The van der Waals surface area contributed by atoms with Crippen molar-refractivity contribution in [3.8, 4) is 0 Å². The molecular formula is C17H22N2. The van der Waals surface area contributed by atoms with Crippen LogP contribution in [-0.4, -0.2) is 10.6 Å². The summed E-state index contributed by atoms with van der Waals surface area (Å²) in [5, 5.41) is 4.98. The van der Waals surface area contributed by atoms with Crippen LogP contribution in [0.15, 0.2) is 42.6 Å². The molecule has 0 radical (unpaired) electrons. The SMILES string of the molecule is C=C(CC)Cn1cc(CNC2CC2)c2ccccc21. The Hall–Kier alpha value is -1.54. The molecule has 0 aliphatic heterocycles. The van der Waals surface area contributed by atoms with Gasteiger partial charge in [-0.15, -0.1) is 0 Å². The summed E-state index contributed by atoms with van der Waals surface area (Å²) in [4.78, 5) is 0. The molecule has 2 nitrogen and oxygen atoms in total. The molecule has 0 spiro atoms. The largest absolute Gasteiger partial charge is 0.343 e. The predicted molar refractivity (Wildman–Crippen MR) is 81.2 cm³/mol. The van der Waals surface area contributed by atoms with Gasteiger partial charge in [-0.1, -0.05) is 37.3 Å². The smallest absolute Gasteiger partial charge is 0.0486 e. The van der Waals surface area contributed by atoms with Crippen molar-refractivity contribution in [3.05, 3.63) is 48.2 Å². The summed E-state index contributed by atoms with van der Waals surface area (Å²) in [6.07, 6.45) is 6.01. The van der Waals surface area contributed by atoms with E-state index in [1.165, 1.54) is 34.9 Å². The van der Waals surface area contributed by atoms with E-state index in [0.29, 0.717) is 0 Å². The molecule has 0 bridgehead atoms. The number of nitrogens with zero attached hydrogens (tertiary/aromatic N) is 1. The van der Waals surface area contributed by atoms with Crippen LogP contribution in [0, 0.1) is 0 Å². The van der Waals surface area contributed by atoms with Gasteiger partial charge in [-0.3, -0.25) is 0 Å². The number of nitrogens with one attached hydrogen (secondary N) is 1. The van der Waals surface area contributed by atoms with E-state index in [9.17, 15) is 0 Å². The quantitative estimate of drug-likeness (QED) is 0.775. The van der Waals surface area contributed by atoms with Crippen molar-refractivity contribution in [3.63, 3.8) is 0 Å². The van der Waals surface area contributed by atoms with Crippen molar-refractivity contribution in [2.45, 2.75) is 45.3 Å². The van der Waals surface area contributed by atoms with E-state index < -0.39 is 0 Å². The van der Waals surface area contributed by atoms with E-state index in [4.69, 9.17) is 0 Å². The summed E-state index contributed by atoms with van der Waals surface area (Å²) in [5.74, 6) is 0. The van der Waals surface area contributed by atoms with Gasteiger partial charge < -0.3 is 9.88 Å². The Bertz CT molecular complexity index is 590. The Labute approximate surface area is 115 Å². The number of benzene rings is 1. The van der Waals surface area contributed by atoms with Gasteiger partial charge >= 0.3 is 0 Å². The second-order valence-electron chi connectivity index (χ2n) is 5.56. The zero-order valence-corrected chi connectivity index (χ0v) is 11.7. The minimum atomic E-state index is 0.757. The lowest BCUT2D eigenvalue weighted by molar-refractivity contribution is 0.686. The Morgan fingerprint density at radius 2 is 2.16 bits per heavy atom. The van der Waals surface area contributed by atoms with Crippen LogP contribution < -0.4 is 5.32 Å². The molecule has 0 amide bonds. The molecule has 0 saturated heterocycles. The molecule has 2 heteroatoms. The van der Waals surface area contributed by atoms with Crippen LogP contribution in [0.3, 0.4) is 0 Å². The van der Waals surface area contributed by atoms with E-state index in [-0.39, 0.29) is 0 Å². The third kappa shape index (κ3) is 2.74. The highest BCUT2D eigenvalue weighted by atomic mass is 15.0. The molecule has 1 heterocycles. The van der Waals surface area contributed by atoms with Gasteiger partial charge in [0.05, 0.1) is 0 Å². The monoisotopic (exact) mass is 254 g/mol. The fourth-order valence-corrected chi connectivity index (χ4v) is 2.49. The zero-order valence-electron chi connectivity index (χ0n) is 11.7. The van der Waals surface area contributed by atoms with Gasteiger partial charge in [-0.2, -0.15) is 0 Å². The van der Waals surface area contributed by atoms with Crippen molar-refractivity contribution in [2.24, 2.45) is 0 Å². The van der Waals surface area contributed by atoms with E-state index in [1.807, 2.05) is 0 Å². The molecule has 19 heavy (non-hydrogen) atoms. The number of para-hydroxylation sites is 1. The molecule has 0 atom stereocenters. The fourth-order valence-electron chi connectivity index (χ4n) is 2.49. The molecule has 1 fully saturated rings. The Balaban J connectivity index is 1.90. The molecular weight excluding hydrogens is 232 g/mol. The van der Waals surface area contributed by atoms with Crippen LogP contribution in [0.2, 0.25) is 0 Å². The van der Waals surface area contributed by atoms with Gasteiger partial charge in [-0.25, -0.2) is 0 Å². The molecule has 3 rings (SSSR count). The molecule has 0 unspecified atom stereocenters. The maximum Gasteiger partial charge on any atom is 0.0486 e. The van der Waals surface area contributed by atoms with Crippen LogP contribution in [0.5, 0.6) is 0 Å². The standard InChI is InChI=1S/C17H22N2/c1-3-13(2)11-19-12-14(10-18-15-8-9-15)16-6-4-5-7-17(16)19/h4-7,12,15,18H,2-3,8-11H2,1H3. The maximum atomic E-state index is 4.13. The van der Waals surface area contributed by atoms with E-state index in [0.717, 1.165) is 25.6 Å². The van der Waals surface area contributed by atoms with E-state index in [2.05, 4.69) is 53.8 Å². The van der Waals surface area contributed by atoms with Crippen molar-refractivity contribution < 1.29 is 0 Å². The van der Waals surface area contributed by atoms with Crippen molar-refractivity contribution in [2.75, 3.05) is 0 Å². The molecule has 1 N–H and O–H groups in total. The minimum Gasteiger partial charge on any atom is -0.343 e. The molecule has 1 aromatic heterocycles. The summed E-state index contributed by atoms with van der Waals surface area (Å²) < 4.78 is 2.34. The average molecular weight is 254 g/mol. The number of hydrogen-bond donors (Lipinski definition) is 1. The highest BCUT2D eigenvalue weighted by molar-refractivity contribution is 5.84. The first-order valence-corrected chi connectivity index (χ1v) is 7.24. The molecule has 2 aromatic rings. The van der Waals surface area contributed by atoms with Crippen LogP contribution in [-0.2, 0) is 13.1 Å². The van der Waals surface area contributed by atoms with Crippen molar-refractivity contribution >= 4 is 10.9 Å². The number of hydrogen-bond acceptors (Lipinski definition) is 1. The first-order valence-electron chi connectivity index (χ1n) is 7.24. The van der Waals surface area contributed by atoms with Gasteiger partial charge in [0.25, 0.3) is 0 Å². The third-order valence-electron chi connectivity index (χ3n) is 3.92. The Morgan fingerprint density at radius 1 is 1.37 bits per heavy atom. The Kier molecular flexibility index (Phi) is 3.43. The molecule has 100 valence electrons. The number of rotatable bonds is 6. The van der Waals surface area contributed by atoms with Gasteiger partial charge in [0, 0.05) is 36.2 Å². The summed E-state index contributed by atoms with van der Waals surface area (Å²) in [7, 11) is 0. The molecule has 1 aromatic carbocycles. The second kappa shape index (κ2) is 5.22. The highest BCUT2D eigenvalue weighted by Gasteiger charge is 2.20. The van der Waals surface area contributed by atoms with Crippen LogP contribution >= 0.6 is 0 Å². The topological polar surface area (TPSA) is 17.0 Å². The van der Waals surface area contributed by atoms with E-state index >= 15 is 0 Å². The average Bonchev–Trinajstić information content (AvgIpc) is 3.20. The van der Waals surface area contributed by atoms with Crippen molar-refractivity contribution in [1.82, 2.24) is 9.88 Å².